The summed E-state index contributed by atoms with van der Waals surface area (Å²) in [4.78, 5) is 0. The summed E-state index contributed by atoms with van der Waals surface area (Å²) < 4.78 is 0. The highest BCUT2D eigenvalue weighted by Gasteiger charge is 2.58. The minimum atomic E-state index is 0.378. The third-order valence-corrected chi connectivity index (χ3v) is 6.12. The van der Waals surface area contributed by atoms with Crippen LogP contribution in [0.1, 0.15) is 59.8 Å². The van der Waals surface area contributed by atoms with Gasteiger partial charge in [-0.25, -0.2) is 0 Å². The molecule has 0 spiro atoms. The highest BCUT2D eigenvalue weighted by atomic mass is 14.5. The van der Waals surface area contributed by atoms with Crippen LogP contribution < -0.4 is 0 Å². The van der Waals surface area contributed by atoms with Crippen LogP contribution in [-0.4, -0.2) is 7.28 Å². The summed E-state index contributed by atoms with van der Waals surface area (Å²) in [6, 6.07) is 0. The molecule has 1 radical (unpaired) electrons. The molecule has 115 valence electrons. The maximum atomic E-state index is 3.80. The first-order valence-corrected chi connectivity index (χ1v) is 8.66. The van der Waals surface area contributed by atoms with Crippen molar-refractivity contribution in [2.45, 2.75) is 70.4 Å². The summed E-state index contributed by atoms with van der Waals surface area (Å²) in [5.41, 5.74) is 7.90. The van der Waals surface area contributed by atoms with Gasteiger partial charge in [-0.2, -0.15) is 0 Å². The zero-order chi connectivity index (χ0) is 16.0. The molecule has 22 heavy (non-hydrogen) atoms. The fourth-order valence-electron chi connectivity index (χ4n) is 4.25. The van der Waals surface area contributed by atoms with E-state index in [1.54, 1.807) is 16.7 Å². The number of hydrogen-bond acceptors (Lipinski definition) is 0. The molecule has 0 aromatic heterocycles. The van der Waals surface area contributed by atoms with Crippen LogP contribution in [0, 0.1) is 0 Å². The minimum Gasteiger partial charge on any atom is -0.0991 e. The average molecular weight is 291 g/mol. The van der Waals surface area contributed by atoms with Crippen LogP contribution in [0.25, 0.3) is 0 Å². The largest absolute Gasteiger partial charge is 0.125 e. The first-order chi connectivity index (χ1) is 10.4. The number of allylic oxidation sites excluding steroid dienone is 9. The predicted octanol–water partition coefficient (Wildman–Crippen LogP) is 6.34. The highest BCUT2D eigenvalue weighted by molar-refractivity contribution is 6.59. The summed E-state index contributed by atoms with van der Waals surface area (Å²) >= 11 is 0. The van der Waals surface area contributed by atoms with Gasteiger partial charge in [0.25, 0.3) is 0 Å². The molecular weight excluding hydrogens is 263 g/mol. The summed E-state index contributed by atoms with van der Waals surface area (Å²) in [6.45, 7) is 13.3. The molecule has 3 rings (SSSR count). The normalized spacial score (nSPS) is 30.1. The zero-order valence-electron chi connectivity index (χ0n) is 14.6. The van der Waals surface area contributed by atoms with Crippen LogP contribution in [0.2, 0.25) is 10.6 Å². The Bertz CT molecular complexity index is 624. The van der Waals surface area contributed by atoms with E-state index in [0.29, 0.717) is 10.6 Å². The quantitative estimate of drug-likeness (QED) is 0.418. The van der Waals surface area contributed by atoms with E-state index >= 15 is 0 Å². The lowest BCUT2D eigenvalue weighted by Gasteiger charge is -2.31. The lowest BCUT2D eigenvalue weighted by Crippen LogP contribution is -2.11. The van der Waals surface area contributed by atoms with Crippen molar-refractivity contribution in [2.75, 3.05) is 0 Å². The van der Waals surface area contributed by atoms with E-state index in [0.717, 1.165) is 0 Å². The van der Waals surface area contributed by atoms with Gasteiger partial charge in [0.2, 0.25) is 0 Å². The van der Waals surface area contributed by atoms with Gasteiger partial charge in [-0.1, -0.05) is 67.9 Å². The molecule has 1 aliphatic heterocycles. The maximum absolute atomic E-state index is 3.80. The maximum Gasteiger partial charge on any atom is 0.125 e. The second-order valence-corrected chi connectivity index (χ2v) is 7.95. The first-order valence-electron chi connectivity index (χ1n) is 8.66. The Kier molecular flexibility index (Phi) is 3.87. The van der Waals surface area contributed by atoms with Crippen molar-refractivity contribution in [2.24, 2.45) is 0 Å². The van der Waals surface area contributed by atoms with E-state index in [9.17, 15) is 0 Å². The van der Waals surface area contributed by atoms with Gasteiger partial charge >= 0.3 is 0 Å². The molecule has 2 aliphatic carbocycles. The average Bonchev–Trinajstić information content (AvgIpc) is 2.96. The monoisotopic (exact) mass is 291 g/mol. The van der Waals surface area contributed by atoms with Crippen molar-refractivity contribution in [1.29, 1.82) is 0 Å². The van der Waals surface area contributed by atoms with E-state index < -0.39 is 0 Å². The van der Waals surface area contributed by atoms with E-state index in [1.165, 1.54) is 43.3 Å². The molecule has 0 N–H and O–H groups in total. The van der Waals surface area contributed by atoms with Crippen LogP contribution in [-0.2, 0) is 0 Å². The third kappa shape index (κ3) is 2.60. The van der Waals surface area contributed by atoms with Crippen molar-refractivity contribution in [1.82, 2.24) is 0 Å². The Morgan fingerprint density at radius 2 is 1.95 bits per heavy atom. The Morgan fingerprint density at radius 1 is 1.23 bits per heavy atom. The molecule has 1 saturated heterocycles. The smallest absolute Gasteiger partial charge is 0.0991 e. The number of hydrogen-bond donors (Lipinski definition) is 0. The highest BCUT2D eigenvalue weighted by Crippen LogP contribution is 2.71. The molecule has 0 aromatic carbocycles. The Morgan fingerprint density at radius 3 is 2.59 bits per heavy atom. The Hall–Kier alpha value is -1.24. The molecule has 1 atom stereocenters. The molecule has 1 fully saturated rings. The van der Waals surface area contributed by atoms with Crippen LogP contribution >= 0.6 is 0 Å². The van der Waals surface area contributed by atoms with Gasteiger partial charge in [0.1, 0.15) is 7.28 Å². The number of rotatable bonds is 4. The van der Waals surface area contributed by atoms with Crippen molar-refractivity contribution in [3.05, 3.63) is 58.7 Å². The van der Waals surface area contributed by atoms with Gasteiger partial charge in [0, 0.05) is 0 Å². The summed E-state index contributed by atoms with van der Waals surface area (Å²) in [5, 5.41) is 0.771. The van der Waals surface area contributed by atoms with Crippen LogP contribution in [0.3, 0.4) is 0 Å². The first kappa shape index (κ1) is 15.7. The van der Waals surface area contributed by atoms with Crippen molar-refractivity contribution in [3.8, 4) is 0 Å². The van der Waals surface area contributed by atoms with Crippen molar-refractivity contribution < 1.29 is 0 Å². The third-order valence-electron chi connectivity index (χ3n) is 6.12. The van der Waals surface area contributed by atoms with E-state index in [2.05, 4.69) is 59.8 Å². The summed E-state index contributed by atoms with van der Waals surface area (Å²) in [6.07, 6.45) is 14.9. The molecule has 0 saturated carbocycles. The molecule has 0 amide bonds. The van der Waals surface area contributed by atoms with Gasteiger partial charge in [0.05, 0.1) is 0 Å². The predicted molar refractivity (Wildman–Crippen MR) is 98.4 cm³/mol. The van der Waals surface area contributed by atoms with Gasteiger partial charge in [-0.05, 0) is 61.3 Å². The molecule has 1 heteroatoms. The minimum absolute atomic E-state index is 0.378. The van der Waals surface area contributed by atoms with E-state index in [-0.39, 0.29) is 0 Å². The standard InChI is InChI=1S/C21H28B/c1-6-7-9-16-12-13-17-10-8-11-18(19(17)15(16)2)14-21(5)20(3,4)22-21/h6-7,9,11H,1,8,10,12-14H2,2-5H3/b9-7-. The summed E-state index contributed by atoms with van der Waals surface area (Å²) in [7, 11) is 2.52. The van der Waals surface area contributed by atoms with Gasteiger partial charge in [0.15, 0.2) is 0 Å². The van der Waals surface area contributed by atoms with Gasteiger partial charge < -0.3 is 0 Å². The SMILES string of the molecule is C=C/C=C\C1=C(C)C2=C(CCC=C2CC2(C)[B]C2(C)C)CC1. The second kappa shape index (κ2) is 5.44. The van der Waals surface area contributed by atoms with E-state index in [1.807, 2.05) is 6.08 Å². The van der Waals surface area contributed by atoms with Crippen LogP contribution in [0.15, 0.2) is 58.7 Å². The van der Waals surface area contributed by atoms with Gasteiger partial charge in [-0.15, -0.1) is 0 Å². The molecule has 0 aromatic rings. The second-order valence-electron chi connectivity index (χ2n) is 7.95. The Balaban J connectivity index is 1.91. The lowest BCUT2D eigenvalue weighted by atomic mass is 9.73. The van der Waals surface area contributed by atoms with Crippen molar-refractivity contribution in [3.63, 3.8) is 0 Å². The molecule has 1 heterocycles. The lowest BCUT2D eigenvalue weighted by molar-refractivity contribution is 0.573. The molecule has 1 unspecified atom stereocenters. The molecular formula is C21H28B. The fourth-order valence-corrected chi connectivity index (χ4v) is 4.25. The molecule has 0 nitrogen and oxygen atoms in total. The summed E-state index contributed by atoms with van der Waals surface area (Å²) in [5.74, 6) is 0. The Labute approximate surface area is 137 Å². The fraction of sp³-hybridized carbons (Fsp3) is 0.524. The van der Waals surface area contributed by atoms with Crippen LogP contribution in [0.4, 0.5) is 0 Å². The topological polar surface area (TPSA) is 0 Å². The van der Waals surface area contributed by atoms with Crippen molar-refractivity contribution >= 4 is 7.28 Å². The van der Waals surface area contributed by atoms with Crippen LogP contribution in [0.5, 0.6) is 0 Å². The zero-order valence-corrected chi connectivity index (χ0v) is 14.6. The van der Waals surface area contributed by atoms with Gasteiger partial charge in [-0.3, -0.25) is 0 Å². The van der Waals surface area contributed by atoms with E-state index in [4.69, 9.17) is 0 Å². The molecule has 3 aliphatic rings. The molecule has 0 bridgehead atoms.